The van der Waals surface area contributed by atoms with E-state index in [2.05, 4.69) is 20.4 Å². The molecular weight excluding hydrogens is 336 g/mol. The molecule has 26 heavy (non-hydrogen) atoms. The van der Waals surface area contributed by atoms with Gasteiger partial charge < -0.3 is 14.6 Å². The zero-order valence-electron chi connectivity index (χ0n) is 14.2. The third-order valence-corrected chi connectivity index (χ3v) is 3.41. The summed E-state index contributed by atoms with van der Waals surface area (Å²) in [6.45, 7) is 3.03. The van der Waals surface area contributed by atoms with Crippen molar-refractivity contribution in [2.75, 3.05) is 5.32 Å². The molecule has 8 nitrogen and oxygen atoms in total. The molecule has 3 aromatic rings. The smallest absolute Gasteiger partial charge is 0.338 e. The summed E-state index contributed by atoms with van der Waals surface area (Å²) in [6, 6.07) is 10.0. The van der Waals surface area contributed by atoms with E-state index in [1.165, 1.54) is 13.0 Å². The third kappa shape index (κ3) is 4.10. The topological polar surface area (TPSA) is 107 Å². The molecule has 0 unspecified atom stereocenters. The Morgan fingerprint density at radius 1 is 1.23 bits per heavy atom. The maximum absolute atomic E-state index is 12.3. The molecule has 1 aromatic carbocycles. The zero-order chi connectivity index (χ0) is 18.5. The minimum atomic E-state index is -0.732. The Balaban J connectivity index is 1.70. The average molecular weight is 352 g/mol. The van der Waals surface area contributed by atoms with E-state index in [0.717, 1.165) is 0 Å². The molecular formula is C18H16N4O4. The van der Waals surface area contributed by atoms with Gasteiger partial charge >= 0.3 is 5.97 Å². The van der Waals surface area contributed by atoms with Crippen molar-refractivity contribution < 1.29 is 18.8 Å². The van der Waals surface area contributed by atoms with Crippen LogP contribution in [0.2, 0.25) is 0 Å². The maximum atomic E-state index is 12.3. The molecule has 0 aliphatic rings. The first-order chi connectivity index (χ1) is 12.5. The summed E-state index contributed by atoms with van der Waals surface area (Å²) in [6.07, 6.45) is 2.52. The summed E-state index contributed by atoms with van der Waals surface area (Å²) in [5, 5.41) is 6.48. The molecule has 3 rings (SSSR count). The highest BCUT2D eigenvalue weighted by molar-refractivity contribution is 5.93. The van der Waals surface area contributed by atoms with Crippen LogP contribution >= 0.6 is 0 Å². The molecule has 1 N–H and O–H groups in total. The number of ether oxygens (including phenoxy) is 1. The van der Waals surface area contributed by atoms with Crippen molar-refractivity contribution in [1.29, 1.82) is 0 Å². The van der Waals surface area contributed by atoms with Crippen molar-refractivity contribution in [2.24, 2.45) is 0 Å². The fourth-order valence-electron chi connectivity index (χ4n) is 2.22. The van der Waals surface area contributed by atoms with Crippen LogP contribution in [0.4, 0.5) is 5.69 Å². The van der Waals surface area contributed by atoms with Crippen LogP contribution in [-0.2, 0) is 9.53 Å². The van der Waals surface area contributed by atoms with Crippen LogP contribution in [-0.4, -0.2) is 27.0 Å². The van der Waals surface area contributed by atoms with Crippen LogP contribution in [0.25, 0.3) is 11.4 Å². The summed E-state index contributed by atoms with van der Waals surface area (Å²) in [5.41, 5.74) is 1.51. The summed E-state index contributed by atoms with van der Waals surface area (Å²) < 4.78 is 10.5. The monoisotopic (exact) mass is 352 g/mol. The van der Waals surface area contributed by atoms with Crippen molar-refractivity contribution >= 4 is 17.6 Å². The van der Waals surface area contributed by atoms with Gasteiger partial charge in [0.25, 0.3) is 5.89 Å². The van der Waals surface area contributed by atoms with Crippen molar-refractivity contribution in [1.82, 2.24) is 15.1 Å². The quantitative estimate of drug-likeness (QED) is 0.703. The number of benzene rings is 1. The summed E-state index contributed by atoms with van der Waals surface area (Å²) in [7, 11) is 0. The minimum Gasteiger partial charge on any atom is -0.449 e. The molecule has 0 saturated carbocycles. The van der Waals surface area contributed by atoms with E-state index in [0.29, 0.717) is 22.6 Å². The van der Waals surface area contributed by atoms with Crippen molar-refractivity contribution in [2.45, 2.75) is 20.0 Å². The molecule has 0 aliphatic heterocycles. The van der Waals surface area contributed by atoms with Gasteiger partial charge in [0.2, 0.25) is 11.7 Å². The molecule has 0 fully saturated rings. The van der Waals surface area contributed by atoms with Gasteiger partial charge in [-0.15, -0.1) is 0 Å². The first kappa shape index (κ1) is 17.3. The average Bonchev–Trinajstić information content (AvgIpc) is 3.12. The lowest BCUT2D eigenvalue weighted by Gasteiger charge is -2.10. The van der Waals surface area contributed by atoms with E-state index in [-0.39, 0.29) is 11.8 Å². The number of hydrogen-bond acceptors (Lipinski definition) is 7. The second-order valence-electron chi connectivity index (χ2n) is 5.51. The van der Waals surface area contributed by atoms with Gasteiger partial charge in [-0.25, -0.2) is 4.79 Å². The molecule has 2 aromatic heterocycles. The molecule has 0 aliphatic carbocycles. The highest BCUT2D eigenvalue weighted by Crippen LogP contribution is 2.21. The van der Waals surface area contributed by atoms with Gasteiger partial charge in [0.1, 0.15) is 0 Å². The fourth-order valence-corrected chi connectivity index (χ4v) is 2.22. The van der Waals surface area contributed by atoms with Crippen molar-refractivity contribution in [3.05, 3.63) is 60.2 Å². The van der Waals surface area contributed by atoms with E-state index in [4.69, 9.17) is 9.26 Å². The largest absolute Gasteiger partial charge is 0.449 e. The Morgan fingerprint density at radius 3 is 2.81 bits per heavy atom. The minimum absolute atomic E-state index is 0.176. The lowest BCUT2D eigenvalue weighted by molar-refractivity contribution is -0.114. The van der Waals surface area contributed by atoms with Gasteiger partial charge in [0.15, 0.2) is 6.10 Å². The second kappa shape index (κ2) is 7.56. The van der Waals surface area contributed by atoms with Crippen LogP contribution in [0.1, 0.15) is 36.2 Å². The number of amides is 1. The molecule has 0 radical (unpaired) electrons. The first-order valence-electron chi connectivity index (χ1n) is 7.85. The molecule has 0 saturated heterocycles. The van der Waals surface area contributed by atoms with Gasteiger partial charge in [0, 0.05) is 30.6 Å². The van der Waals surface area contributed by atoms with Crippen LogP contribution in [0.15, 0.2) is 53.3 Å². The number of aromatic nitrogens is 3. The summed E-state index contributed by atoms with van der Waals surface area (Å²) in [5.74, 6) is -0.248. The molecule has 132 valence electrons. The fraction of sp³-hybridized carbons (Fsp3) is 0.167. The SMILES string of the molecule is CC(=O)Nc1cccc(C(=O)O[C@@H](C)c2nc(-c3cccnc3)no2)c1. The lowest BCUT2D eigenvalue weighted by atomic mass is 10.2. The Hall–Kier alpha value is -3.55. The Bertz CT molecular complexity index is 924. The second-order valence-corrected chi connectivity index (χ2v) is 5.51. The Morgan fingerprint density at radius 2 is 2.08 bits per heavy atom. The van der Waals surface area contributed by atoms with Gasteiger partial charge in [-0.05, 0) is 37.3 Å². The van der Waals surface area contributed by atoms with E-state index >= 15 is 0 Å². The van der Waals surface area contributed by atoms with E-state index in [9.17, 15) is 9.59 Å². The molecule has 2 heterocycles. The number of nitrogens with one attached hydrogen (secondary N) is 1. The van der Waals surface area contributed by atoms with Crippen LogP contribution < -0.4 is 5.32 Å². The van der Waals surface area contributed by atoms with Gasteiger partial charge in [-0.1, -0.05) is 11.2 Å². The Kier molecular flexibility index (Phi) is 5.02. The predicted molar refractivity (Wildman–Crippen MR) is 92.1 cm³/mol. The zero-order valence-corrected chi connectivity index (χ0v) is 14.2. The van der Waals surface area contributed by atoms with E-state index in [1.807, 2.05) is 0 Å². The molecule has 1 atom stereocenters. The number of carbonyl (C=O) groups excluding carboxylic acids is 2. The van der Waals surface area contributed by atoms with E-state index in [1.54, 1.807) is 49.6 Å². The number of esters is 1. The molecule has 0 spiro atoms. The first-order valence-corrected chi connectivity index (χ1v) is 7.85. The highest BCUT2D eigenvalue weighted by Gasteiger charge is 2.20. The number of rotatable bonds is 5. The molecule has 0 bridgehead atoms. The van der Waals surface area contributed by atoms with Crippen molar-refractivity contribution in [3.8, 4) is 11.4 Å². The number of pyridine rings is 1. The molecule has 1 amide bonds. The maximum Gasteiger partial charge on any atom is 0.338 e. The standard InChI is InChI=1S/C18H16N4O4/c1-11(17-21-16(22-26-17)14-6-4-8-19-10-14)25-18(24)13-5-3-7-15(9-13)20-12(2)23/h3-11H,1-2H3,(H,20,23)/t11-/m0/s1. The van der Waals surface area contributed by atoms with Gasteiger partial charge in [-0.3, -0.25) is 9.78 Å². The summed E-state index contributed by atoms with van der Waals surface area (Å²) >= 11 is 0. The van der Waals surface area contributed by atoms with Gasteiger partial charge in [-0.2, -0.15) is 4.98 Å². The lowest BCUT2D eigenvalue weighted by Crippen LogP contribution is -2.11. The summed E-state index contributed by atoms with van der Waals surface area (Å²) in [4.78, 5) is 31.7. The van der Waals surface area contributed by atoms with E-state index < -0.39 is 12.1 Å². The number of hydrogen-bond donors (Lipinski definition) is 1. The Labute approximate surface area is 149 Å². The normalized spacial score (nSPS) is 11.6. The molecule has 8 heteroatoms. The number of carbonyl (C=O) groups is 2. The number of nitrogens with zero attached hydrogens (tertiary/aromatic N) is 3. The predicted octanol–water partition coefficient (Wildman–Crippen LogP) is 3.01. The van der Waals surface area contributed by atoms with Crippen LogP contribution in [0.5, 0.6) is 0 Å². The third-order valence-electron chi connectivity index (χ3n) is 3.41. The van der Waals surface area contributed by atoms with Crippen LogP contribution in [0.3, 0.4) is 0 Å². The van der Waals surface area contributed by atoms with Gasteiger partial charge in [0.05, 0.1) is 5.56 Å². The van der Waals surface area contributed by atoms with Crippen LogP contribution in [0, 0.1) is 0 Å². The van der Waals surface area contributed by atoms with Crippen molar-refractivity contribution in [3.63, 3.8) is 0 Å². The highest BCUT2D eigenvalue weighted by atomic mass is 16.6. The number of anilines is 1.